The lowest BCUT2D eigenvalue weighted by atomic mass is 10.2. The van der Waals surface area contributed by atoms with E-state index in [-0.39, 0.29) is 0 Å². The van der Waals surface area contributed by atoms with Crippen molar-refractivity contribution in [2.75, 3.05) is 0 Å². The van der Waals surface area contributed by atoms with E-state index in [4.69, 9.17) is 0 Å². The zero-order chi connectivity index (χ0) is 15.7. The SMILES string of the molecule is Brc1cccc(Br)c1-c1nnc(-c2c(Br)cccc2Br)nn1. The molecule has 0 radical (unpaired) electrons. The largest absolute Gasteiger partial charge is 0.205 e. The maximum atomic E-state index is 4.20. The van der Waals surface area contributed by atoms with Gasteiger partial charge >= 0.3 is 0 Å². The number of rotatable bonds is 2. The van der Waals surface area contributed by atoms with Gasteiger partial charge in [-0.1, -0.05) is 12.1 Å². The topological polar surface area (TPSA) is 51.6 Å². The van der Waals surface area contributed by atoms with Gasteiger partial charge in [-0.15, -0.1) is 20.4 Å². The van der Waals surface area contributed by atoms with Crippen molar-refractivity contribution < 1.29 is 0 Å². The molecule has 0 saturated carbocycles. The van der Waals surface area contributed by atoms with Crippen LogP contribution in [0.25, 0.3) is 22.8 Å². The lowest BCUT2D eigenvalue weighted by Gasteiger charge is -2.07. The molecular formula is C14H6Br4N4. The van der Waals surface area contributed by atoms with Crippen LogP contribution in [0.5, 0.6) is 0 Å². The van der Waals surface area contributed by atoms with Crippen molar-refractivity contribution in [2.45, 2.75) is 0 Å². The molecule has 0 N–H and O–H groups in total. The Balaban J connectivity index is 2.08. The first-order chi connectivity index (χ1) is 10.6. The third-order valence-corrected chi connectivity index (χ3v) is 5.49. The highest BCUT2D eigenvalue weighted by molar-refractivity contribution is 9.11. The summed E-state index contributed by atoms with van der Waals surface area (Å²) in [6.07, 6.45) is 0. The van der Waals surface area contributed by atoms with Crippen molar-refractivity contribution in [1.29, 1.82) is 0 Å². The van der Waals surface area contributed by atoms with Crippen LogP contribution in [0, 0.1) is 0 Å². The summed E-state index contributed by atoms with van der Waals surface area (Å²) in [5, 5.41) is 16.8. The number of halogens is 4. The lowest BCUT2D eigenvalue weighted by molar-refractivity contribution is 0.873. The Morgan fingerprint density at radius 3 is 1.05 bits per heavy atom. The molecule has 0 fully saturated rings. The fourth-order valence-electron chi connectivity index (χ4n) is 1.85. The molecule has 3 aromatic rings. The highest BCUT2D eigenvalue weighted by Gasteiger charge is 2.15. The molecule has 1 aromatic heterocycles. The zero-order valence-electron chi connectivity index (χ0n) is 10.8. The number of nitrogens with zero attached hydrogens (tertiary/aromatic N) is 4. The molecule has 0 aliphatic rings. The molecule has 22 heavy (non-hydrogen) atoms. The van der Waals surface area contributed by atoms with Crippen LogP contribution in [0.1, 0.15) is 0 Å². The summed E-state index contributed by atoms with van der Waals surface area (Å²) in [7, 11) is 0. The van der Waals surface area contributed by atoms with Gasteiger partial charge in [0.1, 0.15) is 0 Å². The number of hydrogen-bond donors (Lipinski definition) is 0. The fraction of sp³-hybridized carbons (Fsp3) is 0. The van der Waals surface area contributed by atoms with Crippen molar-refractivity contribution >= 4 is 63.7 Å². The highest BCUT2D eigenvalue weighted by Crippen LogP contribution is 2.34. The predicted octanol–water partition coefficient (Wildman–Crippen LogP) is 5.65. The Kier molecular flexibility index (Phi) is 5.01. The Morgan fingerprint density at radius 1 is 0.500 bits per heavy atom. The van der Waals surface area contributed by atoms with E-state index < -0.39 is 0 Å². The van der Waals surface area contributed by atoms with Crippen LogP contribution >= 0.6 is 63.7 Å². The summed E-state index contributed by atoms with van der Waals surface area (Å²) in [6, 6.07) is 11.5. The van der Waals surface area contributed by atoms with Crippen LogP contribution in [-0.2, 0) is 0 Å². The van der Waals surface area contributed by atoms with Crippen LogP contribution in [0.3, 0.4) is 0 Å². The van der Waals surface area contributed by atoms with Crippen LogP contribution in [0.15, 0.2) is 54.3 Å². The number of hydrogen-bond acceptors (Lipinski definition) is 4. The third kappa shape index (κ3) is 3.15. The molecule has 0 atom stereocenters. The van der Waals surface area contributed by atoms with Crippen molar-refractivity contribution in [2.24, 2.45) is 0 Å². The van der Waals surface area contributed by atoms with E-state index in [1.165, 1.54) is 0 Å². The first-order valence-electron chi connectivity index (χ1n) is 6.04. The summed E-state index contributed by atoms with van der Waals surface area (Å²) < 4.78 is 3.50. The summed E-state index contributed by atoms with van der Waals surface area (Å²) in [6.45, 7) is 0. The summed E-state index contributed by atoms with van der Waals surface area (Å²) in [5.41, 5.74) is 1.64. The molecule has 0 bridgehead atoms. The second-order valence-electron chi connectivity index (χ2n) is 4.24. The quantitative estimate of drug-likeness (QED) is 0.415. The van der Waals surface area contributed by atoms with Crippen molar-refractivity contribution in [3.8, 4) is 22.8 Å². The first-order valence-corrected chi connectivity index (χ1v) is 9.21. The van der Waals surface area contributed by atoms with Gasteiger partial charge in [0.15, 0.2) is 0 Å². The van der Waals surface area contributed by atoms with Gasteiger partial charge in [0, 0.05) is 17.9 Å². The van der Waals surface area contributed by atoms with Crippen LogP contribution in [0.4, 0.5) is 0 Å². The second-order valence-corrected chi connectivity index (χ2v) is 7.66. The van der Waals surface area contributed by atoms with Crippen LogP contribution in [0.2, 0.25) is 0 Å². The molecule has 3 rings (SSSR count). The molecule has 8 heteroatoms. The minimum Gasteiger partial charge on any atom is -0.126 e. The molecule has 0 unspecified atom stereocenters. The van der Waals surface area contributed by atoms with E-state index in [0.717, 1.165) is 29.0 Å². The molecule has 0 spiro atoms. The molecule has 2 aromatic carbocycles. The minimum atomic E-state index is 0.450. The van der Waals surface area contributed by atoms with E-state index in [2.05, 4.69) is 84.1 Å². The Morgan fingerprint density at radius 2 is 0.773 bits per heavy atom. The molecule has 0 amide bonds. The first kappa shape index (κ1) is 16.2. The number of aromatic nitrogens is 4. The Labute approximate surface area is 160 Å². The number of benzene rings is 2. The average Bonchev–Trinajstić information content (AvgIpc) is 2.48. The second kappa shape index (κ2) is 6.82. The minimum absolute atomic E-state index is 0.450. The van der Waals surface area contributed by atoms with Crippen molar-refractivity contribution in [1.82, 2.24) is 20.4 Å². The maximum Gasteiger partial charge on any atom is 0.205 e. The highest BCUT2D eigenvalue weighted by atomic mass is 79.9. The van der Waals surface area contributed by atoms with Crippen molar-refractivity contribution in [3.05, 3.63) is 54.3 Å². The molecule has 110 valence electrons. The van der Waals surface area contributed by atoms with Gasteiger partial charge in [-0.05, 0) is 88.0 Å². The molecule has 1 heterocycles. The molecule has 0 aliphatic heterocycles. The van der Waals surface area contributed by atoms with Gasteiger partial charge in [0.2, 0.25) is 11.6 Å². The van der Waals surface area contributed by atoms with Gasteiger partial charge < -0.3 is 0 Å². The monoisotopic (exact) mass is 546 g/mol. The predicted molar refractivity (Wildman–Crippen MR) is 99.3 cm³/mol. The van der Waals surface area contributed by atoms with E-state index in [9.17, 15) is 0 Å². The normalized spacial score (nSPS) is 10.7. The summed E-state index contributed by atoms with van der Waals surface area (Å²) >= 11 is 14.0. The van der Waals surface area contributed by atoms with Crippen LogP contribution in [-0.4, -0.2) is 20.4 Å². The smallest absolute Gasteiger partial charge is 0.126 e. The standard InChI is InChI=1S/C14H6Br4N4/c15-7-3-1-4-8(16)11(7)13-19-21-14(22-20-13)12-9(17)5-2-6-10(12)18/h1-6H. The van der Waals surface area contributed by atoms with E-state index >= 15 is 0 Å². The molecule has 0 saturated heterocycles. The van der Waals surface area contributed by atoms with Gasteiger partial charge in [0.05, 0.1) is 11.1 Å². The summed E-state index contributed by atoms with van der Waals surface area (Å²) in [5.74, 6) is 0.901. The maximum absolute atomic E-state index is 4.20. The lowest BCUT2D eigenvalue weighted by Crippen LogP contribution is -2.01. The molecule has 0 aliphatic carbocycles. The third-order valence-electron chi connectivity index (χ3n) is 2.85. The molecule has 4 nitrogen and oxygen atoms in total. The average molecular weight is 550 g/mol. The van der Waals surface area contributed by atoms with Gasteiger partial charge in [-0.2, -0.15) is 0 Å². The van der Waals surface area contributed by atoms with Crippen molar-refractivity contribution in [3.63, 3.8) is 0 Å². The Bertz CT molecular complexity index is 726. The fourth-order valence-corrected chi connectivity index (χ4v) is 4.56. The molecular weight excluding hydrogens is 544 g/mol. The van der Waals surface area contributed by atoms with E-state index in [1.807, 2.05) is 36.4 Å². The van der Waals surface area contributed by atoms with Gasteiger partial charge in [-0.3, -0.25) is 0 Å². The van der Waals surface area contributed by atoms with Gasteiger partial charge in [-0.25, -0.2) is 0 Å². The van der Waals surface area contributed by atoms with E-state index in [0.29, 0.717) is 11.6 Å². The van der Waals surface area contributed by atoms with E-state index in [1.54, 1.807) is 0 Å². The van der Waals surface area contributed by atoms with Crippen LogP contribution < -0.4 is 0 Å². The summed E-state index contributed by atoms with van der Waals surface area (Å²) in [4.78, 5) is 0. The zero-order valence-corrected chi connectivity index (χ0v) is 17.1. The van der Waals surface area contributed by atoms with Gasteiger partial charge in [0.25, 0.3) is 0 Å². The Hall–Kier alpha value is -0.700.